The topological polar surface area (TPSA) is 54.5 Å². The lowest BCUT2D eigenvalue weighted by Crippen LogP contribution is -2.47. The second-order valence-electron chi connectivity index (χ2n) is 11.3. The second kappa shape index (κ2) is 12.0. The summed E-state index contributed by atoms with van der Waals surface area (Å²) in [5, 5.41) is 0. The van der Waals surface area contributed by atoms with E-state index in [9.17, 15) is 4.79 Å². The van der Waals surface area contributed by atoms with Gasteiger partial charge in [-0.25, -0.2) is 0 Å². The molecule has 0 aromatic heterocycles. The van der Waals surface area contributed by atoms with Crippen LogP contribution in [0, 0.1) is 11.8 Å². The van der Waals surface area contributed by atoms with Crippen molar-refractivity contribution in [3.63, 3.8) is 0 Å². The number of ketones is 1. The van der Waals surface area contributed by atoms with Crippen molar-refractivity contribution >= 4 is 17.2 Å². The lowest BCUT2D eigenvalue weighted by atomic mass is 9.78. The minimum absolute atomic E-state index is 0.306. The number of fused-ring (bicyclic) bond motifs is 1. The van der Waals surface area contributed by atoms with Crippen LogP contribution in [0.2, 0.25) is 0 Å². The van der Waals surface area contributed by atoms with Gasteiger partial charge in [0.2, 0.25) is 6.79 Å². The van der Waals surface area contributed by atoms with E-state index in [4.69, 9.17) is 14.2 Å². The number of benzene rings is 2. The summed E-state index contributed by atoms with van der Waals surface area (Å²) in [6.45, 7) is 9.17. The molecular formula is C31H41N3O4. The van der Waals surface area contributed by atoms with Crippen molar-refractivity contribution in [3.8, 4) is 11.5 Å². The summed E-state index contributed by atoms with van der Waals surface area (Å²) in [5.41, 5.74) is 3.22. The van der Waals surface area contributed by atoms with E-state index in [1.165, 1.54) is 50.0 Å². The van der Waals surface area contributed by atoms with Crippen LogP contribution in [0.4, 0.5) is 11.4 Å². The third-order valence-electron chi connectivity index (χ3n) is 8.95. The molecule has 1 aliphatic carbocycles. The molecule has 3 heterocycles. The third kappa shape index (κ3) is 5.94. The number of anilines is 2. The zero-order chi connectivity index (χ0) is 25.7. The minimum atomic E-state index is 0.306. The van der Waals surface area contributed by atoms with Crippen molar-refractivity contribution in [1.29, 1.82) is 0 Å². The fourth-order valence-corrected chi connectivity index (χ4v) is 6.53. The minimum Gasteiger partial charge on any atom is -0.454 e. The number of piperazine rings is 1. The molecule has 2 aromatic carbocycles. The zero-order valence-corrected chi connectivity index (χ0v) is 22.5. The number of hydrogen-bond donors (Lipinski definition) is 0. The molecule has 3 fully saturated rings. The number of ether oxygens (including phenoxy) is 3. The van der Waals surface area contributed by atoms with Crippen molar-refractivity contribution in [2.24, 2.45) is 11.8 Å². The molecule has 7 nitrogen and oxygen atoms in total. The van der Waals surface area contributed by atoms with E-state index in [-0.39, 0.29) is 0 Å². The standard InChI is InChI=1S/C31H41N3O4/c35-29(26-8-10-27(11-9-26)33-18-20-36-21-19-33)22-25-6-4-24(5-7-25)12-13-32-14-16-34(17-15-32)28-2-1-3-30-31(28)38-23-37-30/h1-3,8-11,24-25H,4-7,12-23H2. The number of nitrogens with zero attached hydrogens (tertiary/aromatic N) is 3. The average Bonchev–Trinajstić information content (AvgIpc) is 3.47. The van der Waals surface area contributed by atoms with E-state index in [2.05, 4.69) is 39.0 Å². The first-order valence-electron chi connectivity index (χ1n) is 14.5. The van der Waals surface area contributed by atoms with Gasteiger partial charge in [-0.1, -0.05) is 18.9 Å². The molecule has 2 saturated heterocycles. The summed E-state index contributed by atoms with van der Waals surface area (Å²) in [7, 11) is 0. The van der Waals surface area contributed by atoms with Crippen LogP contribution in [0.15, 0.2) is 42.5 Å². The third-order valence-corrected chi connectivity index (χ3v) is 8.95. The van der Waals surface area contributed by atoms with Gasteiger partial charge >= 0.3 is 0 Å². The first-order valence-corrected chi connectivity index (χ1v) is 14.5. The Bertz CT molecular complexity index is 1070. The van der Waals surface area contributed by atoms with Gasteiger partial charge in [0.25, 0.3) is 0 Å². The summed E-state index contributed by atoms with van der Waals surface area (Å²) in [6, 6.07) is 14.4. The van der Waals surface area contributed by atoms with Gasteiger partial charge < -0.3 is 24.0 Å². The van der Waals surface area contributed by atoms with Crippen LogP contribution in [-0.2, 0) is 4.74 Å². The van der Waals surface area contributed by atoms with Gasteiger partial charge in [0, 0.05) is 56.9 Å². The highest BCUT2D eigenvalue weighted by atomic mass is 16.7. The van der Waals surface area contributed by atoms with Gasteiger partial charge in [0.05, 0.1) is 18.9 Å². The molecule has 0 atom stereocenters. The lowest BCUT2D eigenvalue weighted by Gasteiger charge is -2.37. The van der Waals surface area contributed by atoms with Crippen molar-refractivity contribution < 1.29 is 19.0 Å². The number of morpholine rings is 1. The largest absolute Gasteiger partial charge is 0.454 e. The normalized spacial score (nSPS) is 24.0. The summed E-state index contributed by atoms with van der Waals surface area (Å²) in [5.74, 6) is 3.42. The smallest absolute Gasteiger partial charge is 0.231 e. The molecule has 1 saturated carbocycles. The summed E-state index contributed by atoms with van der Waals surface area (Å²) < 4.78 is 16.7. The predicted molar refractivity (Wildman–Crippen MR) is 150 cm³/mol. The molecule has 6 rings (SSSR count). The fraction of sp³-hybridized carbons (Fsp3) is 0.581. The van der Waals surface area contributed by atoms with E-state index >= 15 is 0 Å². The quantitative estimate of drug-likeness (QED) is 0.463. The maximum atomic E-state index is 12.9. The molecule has 204 valence electrons. The van der Waals surface area contributed by atoms with Crippen molar-refractivity contribution in [2.75, 3.05) is 75.6 Å². The predicted octanol–water partition coefficient (Wildman–Crippen LogP) is 4.84. The van der Waals surface area contributed by atoms with E-state index in [0.29, 0.717) is 24.9 Å². The number of Topliss-reactive ketones (excluding diaryl/α,β-unsaturated/α-hetero) is 1. The lowest BCUT2D eigenvalue weighted by molar-refractivity contribution is 0.0940. The van der Waals surface area contributed by atoms with Crippen LogP contribution < -0.4 is 19.3 Å². The molecule has 0 N–H and O–H groups in total. The van der Waals surface area contributed by atoms with Gasteiger partial charge in [0.15, 0.2) is 17.3 Å². The summed E-state index contributed by atoms with van der Waals surface area (Å²) >= 11 is 0. The number of para-hydroxylation sites is 1. The summed E-state index contributed by atoms with van der Waals surface area (Å²) in [4.78, 5) is 20.3. The summed E-state index contributed by atoms with van der Waals surface area (Å²) in [6.07, 6.45) is 6.89. The molecule has 0 unspecified atom stereocenters. The molecular weight excluding hydrogens is 478 g/mol. The van der Waals surface area contributed by atoms with Gasteiger partial charge in [-0.2, -0.15) is 0 Å². The number of hydrogen-bond acceptors (Lipinski definition) is 7. The zero-order valence-electron chi connectivity index (χ0n) is 22.5. The first-order chi connectivity index (χ1) is 18.7. The Morgan fingerprint density at radius 1 is 0.789 bits per heavy atom. The van der Waals surface area contributed by atoms with Crippen LogP contribution in [-0.4, -0.2) is 76.5 Å². The number of rotatable bonds is 8. The molecule has 0 amide bonds. The highest BCUT2D eigenvalue weighted by Gasteiger charge is 2.27. The Kier molecular flexibility index (Phi) is 8.02. The van der Waals surface area contributed by atoms with Crippen LogP contribution in [0.5, 0.6) is 11.5 Å². The SMILES string of the molecule is O=C(CC1CCC(CCN2CCN(c3cccc4c3OCO4)CC2)CC1)c1ccc(N2CCOCC2)cc1. The van der Waals surface area contributed by atoms with Crippen LogP contribution in [0.1, 0.15) is 48.9 Å². The highest BCUT2D eigenvalue weighted by Crippen LogP contribution is 2.41. The monoisotopic (exact) mass is 519 g/mol. The van der Waals surface area contributed by atoms with Crippen molar-refractivity contribution in [3.05, 3.63) is 48.0 Å². The average molecular weight is 520 g/mol. The van der Waals surface area contributed by atoms with Gasteiger partial charge in [-0.3, -0.25) is 9.69 Å². The fourth-order valence-electron chi connectivity index (χ4n) is 6.53. The molecule has 7 heteroatoms. The molecule has 2 aromatic rings. The Hall–Kier alpha value is -2.77. The number of carbonyl (C=O) groups is 1. The Labute approximate surface area is 226 Å². The molecule has 38 heavy (non-hydrogen) atoms. The molecule has 0 spiro atoms. The maximum Gasteiger partial charge on any atom is 0.231 e. The van der Waals surface area contributed by atoms with Crippen molar-refractivity contribution in [2.45, 2.75) is 38.5 Å². The second-order valence-corrected chi connectivity index (χ2v) is 11.3. The van der Waals surface area contributed by atoms with Gasteiger partial charge in [0.1, 0.15) is 0 Å². The molecule has 0 bridgehead atoms. The molecule has 4 aliphatic rings. The Morgan fingerprint density at radius 3 is 2.29 bits per heavy atom. The molecule has 3 aliphatic heterocycles. The van der Waals surface area contributed by atoms with Crippen LogP contribution >= 0.6 is 0 Å². The number of carbonyl (C=O) groups excluding carboxylic acids is 1. The van der Waals surface area contributed by atoms with Crippen LogP contribution in [0.25, 0.3) is 0 Å². The van der Waals surface area contributed by atoms with Gasteiger partial charge in [-0.15, -0.1) is 0 Å². The van der Waals surface area contributed by atoms with E-state index in [1.54, 1.807) is 0 Å². The highest BCUT2D eigenvalue weighted by molar-refractivity contribution is 5.96. The van der Waals surface area contributed by atoms with Crippen LogP contribution in [0.3, 0.4) is 0 Å². The van der Waals surface area contributed by atoms with Gasteiger partial charge in [-0.05, 0) is 74.0 Å². The van der Waals surface area contributed by atoms with E-state index in [1.807, 2.05) is 18.2 Å². The maximum absolute atomic E-state index is 12.9. The van der Waals surface area contributed by atoms with E-state index < -0.39 is 0 Å². The Morgan fingerprint density at radius 2 is 1.53 bits per heavy atom. The molecule has 0 radical (unpaired) electrons. The Balaban J connectivity index is 0.898. The first kappa shape index (κ1) is 25.5. The van der Waals surface area contributed by atoms with E-state index in [0.717, 1.165) is 75.5 Å². The van der Waals surface area contributed by atoms with Crippen molar-refractivity contribution in [1.82, 2.24) is 4.90 Å².